The first-order valence-electron chi connectivity index (χ1n) is 3.33. The van der Waals surface area contributed by atoms with E-state index >= 15 is 0 Å². The largest absolute Gasteiger partial charge is 0.206 e. The fourth-order valence-corrected chi connectivity index (χ4v) is 1.67. The molecule has 1 aromatic carbocycles. The van der Waals surface area contributed by atoms with Gasteiger partial charge in [-0.1, -0.05) is 11.9 Å². The van der Waals surface area contributed by atoms with Gasteiger partial charge in [0.1, 0.15) is 5.82 Å². The van der Waals surface area contributed by atoms with E-state index in [0.29, 0.717) is 0 Å². The molecule has 11 heavy (non-hydrogen) atoms. The second-order valence-electron chi connectivity index (χ2n) is 2.57. The van der Waals surface area contributed by atoms with Crippen LogP contribution in [-0.2, 0) is 0 Å². The van der Waals surface area contributed by atoms with Crippen molar-refractivity contribution in [3.05, 3.63) is 29.6 Å². The van der Waals surface area contributed by atoms with Gasteiger partial charge in [0.25, 0.3) is 0 Å². The Bertz CT molecular complexity index is 292. The van der Waals surface area contributed by atoms with Crippen molar-refractivity contribution in [1.29, 1.82) is 0 Å². The highest BCUT2D eigenvalue weighted by molar-refractivity contribution is 8.13. The molecule has 0 aliphatic carbocycles. The molecule has 0 aliphatic heterocycles. The van der Waals surface area contributed by atoms with Gasteiger partial charge in [0.05, 0.1) is 0 Å². The molecule has 0 amide bonds. The zero-order valence-corrected chi connectivity index (χ0v) is 7.54. The summed E-state index contributed by atoms with van der Waals surface area (Å²) in [6.45, 7) is 1.95. The van der Waals surface area contributed by atoms with Crippen LogP contribution in [0.3, 0.4) is 0 Å². The Morgan fingerprint density at radius 3 is 2.55 bits per heavy atom. The van der Waals surface area contributed by atoms with Gasteiger partial charge in [-0.15, -0.1) is 0 Å². The molecule has 0 saturated heterocycles. The van der Waals surface area contributed by atoms with E-state index in [1.54, 1.807) is 6.07 Å². The van der Waals surface area contributed by atoms with E-state index in [2.05, 4.69) is 5.87 Å². The second kappa shape index (κ2) is 3.18. The molecule has 0 spiro atoms. The number of benzene rings is 1. The highest BCUT2D eigenvalue weighted by atomic mass is 32.2. The maximum Gasteiger partial charge on any atom is 0.136 e. The van der Waals surface area contributed by atoms with Crippen LogP contribution in [0.25, 0.3) is 0 Å². The molecule has 0 radical (unpaired) electrons. The van der Waals surface area contributed by atoms with E-state index in [1.165, 1.54) is 6.07 Å². The summed E-state index contributed by atoms with van der Waals surface area (Å²) in [4.78, 5) is 0.727. The van der Waals surface area contributed by atoms with Crippen molar-refractivity contribution in [3.63, 3.8) is 0 Å². The smallest absolute Gasteiger partial charge is 0.136 e. The van der Waals surface area contributed by atoms with E-state index in [-0.39, 0.29) is 16.3 Å². The molecule has 1 unspecified atom stereocenters. The fourth-order valence-electron chi connectivity index (χ4n) is 0.878. The van der Waals surface area contributed by atoms with E-state index in [9.17, 15) is 4.39 Å². The predicted octanol–water partition coefficient (Wildman–Crippen LogP) is 2.82. The molecule has 0 heterocycles. The Balaban J connectivity index is 3.23. The molecule has 0 saturated carbocycles. The third-order valence-electron chi connectivity index (χ3n) is 1.46. The van der Waals surface area contributed by atoms with E-state index in [4.69, 9.17) is 0 Å². The van der Waals surface area contributed by atoms with Crippen LogP contribution in [0.1, 0.15) is 5.56 Å². The highest BCUT2D eigenvalue weighted by Gasteiger charge is 2.00. The third-order valence-corrected chi connectivity index (χ3v) is 2.53. The molecule has 1 aromatic rings. The first-order chi connectivity index (χ1) is 5.11. The van der Waals surface area contributed by atoms with Gasteiger partial charge >= 0.3 is 0 Å². The molecule has 1 rings (SSSR count). The Labute approximate surface area is 69.0 Å². The minimum absolute atomic E-state index is 0.142. The van der Waals surface area contributed by atoms with Crippen LogP contribution in [0.15, 0.2) is 23.1 Å². The average Bonchev–Trinajstić information content (AvgIpc) is 1.94. The van der Waals surface area contributed by atoms with Crippen LogP contribution in [0.2, 0.25) is 0 Å². The van der Waals surface area contributed by atoms with Crippen LogP contribution >= 0.6 is 10.5 Å². The summed E-state index contributed by atoms with van der Waals surface area (Å²) in [5.41, 5.74) is 1.09. The predicted molar refractivity (Wildman–Crippen MR) is 50.0 cm³/mol. The maximum atomic E-state index is 13.0. The van der Waals surface area contributed by atoms with Crippen molar-refractivity contribution in [3.8, 4) is 0 Å². The van der Waals surface area contributed by atoms with Crippen LogP contribution in [0.5, 0.6) is 0 Å². The summed E-state index contributed by atoms with van der Waals surface area (Å²) in [7, 11) is -0.226. The lowest BCUT2D eigenvalue weighted by Gasteiger charge is -2.03. The quantitative estimate of drug-likeness (QED) is 0.568. The fraction of sp³-hybridized carbons (Fsp3) is 0.222. The first kappa shape index (κ1) is 8.47. The van der Waals surface area contributed by atoms with Gasteiger partial charge in [-0.3, -0.25) is 0 Å². The molecule has 0 N–H and O–H groups in total. The molecule has 0 aliphatic rings. The van der Waals surface area contributed by atoms with Gasteiger partial charge in [-0.05, 0) is 30.9 Å². The van der Waals surface area contributed by atoms with Crippen LogP contribution in [0, 0.1) is 12.7 Å². The Hall–Kier alpha value is -0.630. The Kier molecular flexibility index (Phi) is 2.45. The highest BCUT2D eigenvalue weighted by Crippen LogP contribution is 2.24. The number of halogens is 1. The van der Waals surface area contributed by atoms with Crippen molar-refractivity contribution in [1.82, 2.24) is 0 Å². The minimum atomic E-state index is -0.226. The van der Waals surface area contributed by atoms with E-state index < -0.39 is 0 Å². The Morgan fingerprint density at radius 1 is 1.45 bits per heavy atom. The Morgan fingerprint density at radius 2 is 2.09 bits per heavy atom. The van der Waals surface area contributed by atoms with E-state index in [0.717, 1.165) is 10.5 Å². The normalized spacial score (nSPS) is 13.0. The summed E-state index contributed by atoms with van der Waals surface area (Å²) in [5.74, 6) is 3.66. The van der Waals surface area contributed by atoms with Gasteiger partial charge in [0.2, 0.25) is 0 Å². The average molecular weight is 170 g/mol. The summed E-state index contributed by atoms with van der Waals surface area (Å²) < 4.78 is 13.0. The third kappa shape index (κ3) is 1.90. The van der Waals surface area contributed by atoms with Crippen molar-refractivity contribution >= 4 is 16.4 Å². The molecule has 1 atom stereocenters. The van der Waals surface area contributed by atoms with Gasteiger partial charge < -0.3 is 0 Å². The van der Waals surface area contributed by atoms with Crippen molar-refractivity contribution in [2.75, 3.05) is 6.26 Å². The van der Waals surface area contributed by atoms with E-state index in [1.807, 2.05) is 19.2 Å². The first-order valence-corrected chi connectivity index (χ1v) is 5.13. The standard InChI is InChI=1S/C9H11FS/c1-7-4-5-8(10)9(6-7)11(2)3/h4-6H,2H2,1,3H3. The van der Waals surface area contributed by atoms with Crippen LogP contribution in [-0.4, -0.2) is 12.1 Å². The van der Waals surface area contributed by atoms with Gasteiger partial charge in [0, 0.05) is 4.90 Å². The number of aryl methyl sites for hydroxylation is 1. The number of hydrogen-bond donors (Lipinski definition) is 0. The van der Waals surface area contributed by atoms with Gasteiger partial charge in [-0.2, -0.15) is 10.5 Å². The lowest BCUT2D eigenvalue weighted by Crippen LogP contribution is -1.82. The summed E-state index contributed by atoms with van der Waals surface area (Å²) in [6, 6.07) is 5.12. The SMILES string of the molecule is C=S(C)c1cc(C)ccc1F. The number of rotatable bonds is 1. The monoisotopic (exact) mass is 170 g/mol. The molecular weight excluding hydrogens is 159 g/mol. The lowest BCUT2D eigenvalue weighted by atomic mass is 10.2. The number of hydrogen-bond acceptors (Lipinski definition) is 0. The van der Waals surface area contributed by atoms with Crippen molar-refractivity contribution in [2.45, 2.75) is 11.8 Å². The second-order valence-corrected chi connectivity index (χ2v) is 4.29. The molecule has 60 valence electrons. The molecular formula is C9H11FS. The minimum Gasteiger partial charge on any atom is -0.206 e. The summed E-state index contributed by atoms with van der Waals surface area (Å²) in [5, 5.41) is 0. The van der Waals surface area contributed by atoms with Crippen molar-refractivity contribution < 1.29 is 4.39 Å². The summed E-state index contributed by atoms with van der Waals surface area (Å²) >= 11 is 0. The van der Waals surface area contributed by atoms with Gasteiger partial charge in [-0.25, -0.2) is 4.39 Å². The van der Waals surface area contributed by atoms with Gasteiger partial charge in [0.15, 0.2) is 0 Å². The molecule has 2 heteroatoms. The zero-order chi connectivity index (χ0) is 8.43. The zero-order valence-electron chi connectivity index (χ0n) is 6.73. The molecule has 0 nitrogen and oxygen atoms in total. The molecule has 0 fully saturated rings. The topological polar surface area (TPSA) is 0 Å². The van der Waals surface area contributed by atoms with Crippen LogP contribution < -0.4 is 0 Å². The van der Waals surface area contributed by atoms with Crippen LogP contribution in [0.4, 0.5) is 4.39 Å². The summed E-state index contributed by atoms with van der Waals surface area (Å²) in [6.07, 6.45) is 1.91. The van der Waals surface area contributed by atoms with Crippen molar-refractivity contribution in [2.24, 2.45) is 0 Å². The lowest BCUT2D eigenvalue weighted by molar-refractivity contribution is 0.601. The molecule has 0 bridgehead atoms. The maximum absolute atomic E-state index is 13.0. The molecule has 0 aromatic heterocycles.